The summed E-state index contributed by atoms with van der Waals surface area (Å²) in [7, 11) is 0. The summed E-state index contributed by atoms with van der Waals surface area (Å²) < 4.78 is 15.6. The Balaban J connectivity index is 0.00000259. The van der Waals surface area contributed by atoms with Gasteiger partial charge in [-0.1, -0.05) is 12.1 Å². The Morgan fingerprint density at radius 3 is 2.55 bits per heavy atom. The van der Waals surface area contributed by atoms with Crippen LogP contribution in [0.15, 0.2) is 58.1 Å². The van der Waals surface area contributed by atoms with E-state index in [4.69, 9.17) is 0 Å². The lowest BCUT2D eigenvalue weighted by molar-refractivity contribution is 0.432. The van der Waals surface area contributed by atoms with Crippen LogP contribution in [0.2, 0.25) is 0 Å². The van der Waals surface area contributed by atoms with E-state index in [1.165, 1.54) is 34.7 Å². The van der Waals surface area contributed by atoms with Crippen LogP contribution in [0.5, 0.6) is 5.88 Å². The van der Waals surface area contributed by atoms with E-state index in [9.17, 15) is 24.3 Å². The molecule has 0 saturated carbocycles. The van der Waals surface area contributed by atoms with Crippen molar-refractivity contribution in [3.05, 3.63) is 97.0 Å². The molecule has 5 rings (SSSR count). The highest BCUT2D eigenvalue weighted by molar-refractivity contribution is 5.85. The van der Waals surface area contributed by atoms with E-state index in [1.807, 2.05) is 0 Å². The third kappa shape index (κ3) is 3.24. The summed E-state index contributed by atoms with van der Waals surface area (Å²) >= 11 is 0. The van der Waals surface area contributed by atoms with Gasteiger partial charge in [0.05, 0.1) is 22.3 Å². The number of rotatable bonds is 2. The molecule has 0 aliphatic carbocycles. The predicted octanol–water partition coefficient (Wildman–Crippen LogP) is 2.32. The number of nitriles is 1. The van der Waals surface area contributed by atoms with Crippen molar-refractivity contribution in [3.8, 4) is 17.6 Å². The van der Waals surface area contributed by atoms with Gasteiger partial charge in [-0.25, -0.2) is 14.1 Å². The third-order valence-corrected chi connectivity index (χ3v) is 5.39. The molecule has 0 fully saturated rings. The van der Waals surface area contributed by atoms with Crippen molar-refractivity contribution >= 4 is 35.2 Å². The van der Waals surface area contributed by atoms with Crippen molar-refractivity contribution < 1.29 is 9.50 Å². The van der Waals surface area contributed by atoms with Crippen LogP contribution in [-0.4, -0.2) is 24.3 Å². The zero-order valence-corrected chi connectivity index (χ0v) is 17.9. The topological polar surface area (TPSA) is 116 Å². The van der Waals surface area contributed by atoms with E-state index in [0.717, 1.165) is 4.68 Å². The van der Waals surface area contributed by atoms with Gasteiger partial charge >= 0.3 is 0 Å². The molecule has 8 nitrogen and oxygen atoms in total. The van der Waals surface area contributed by atoms with Gasteiger partial charge < -0.3 is 5.11 Å². The number of halogens is 2. The molecule has 0 aliphatic rings. The molecule has 164 valence electrons. The molecular weight excluding hydrogens is 449 g/mol. The van der Waals surface area contributed by atoms with Crippen LogP contribution in [0, 0.1) is 24.1 Å². The van der Waals surface area contributed by atoms with Crippen molar-refractivity contribution in [3.63, 3.8) is 0 Å². The molecule has 0 atom stereocenters. The van der Waals surface area contributed by atoms with Gasteiger partial charge in [-0.15, -0.1) is 12.4 Å². The summed E-state index contributed by atoms with van der Waals surface area (Å²) in [6.07, 6.45) is 1.25. The Hall–Kier alpha value is -4.42. The SMILES string of the molecule is Cc1c(C#N)c2nc3ccccc3n2c(=O)/c1=C/c1c(O)n(-c2ccc(F)cc2)[nH]c1=O.Cl. The average molecular weight is 464 g/mol. The van der Waals surface area contributed by atoms with Gasteiger partial charge in [0.2, 0.25) is 5.88 Å². The number of hydrogen-bond donors (Lipinski definition) is 2. The van der Waals surface area contributed by atoms with Crippen LogP contribution < -0.4 is 16.3 Å². The third-order valence-electron chi connectivity index (χ3n) is 5.39. The summed E-state index contributed by atoms with van der Waals surface area (Å²) in [6, 6.07) is 14.2. The minimum absolute atomic E-state index is 0. The molecule has 5 aromatic rings. The highest BCUT2D eigenvalue weighted by Gasteiger charge is 2.18. The van der Waals surface area contributed by atoms with Gasteiger partial charge in [-0.3, -0.25) is 19.1 Å². The van der Waals surface area contributed by atoms with Gasteiger partial charge in [0.1, 0.15) is 17.4 Å². The number of benzene rings is 2. The average Bonchev–Trinajstić information content (AvgIpc) is 3.30. The molecule has 0 spiro atoms. The number of nitrogens with one attached hydrogen (secondary N) is 1. The Labute approximate surface area is 190 Å². The van der Waals surface area contributed by atoms with Crippen LogP contribution in [-0.2, 0) is 0 Å². The number of H-pyrrole nitrogens is 1. The van der Waals surface area contributed by atoms with Crippen molar-refractivity contribution in [2.45, 2.75) is 6.92 Å². The molecule has 3 heterocycles. The maximum Gasteiger partial charge on any atom is 0.275 e. The first-order chi connectivity index (χ1) is 15.4. The van der Waals surface area contributed by atoms with E-state index in [1.54, 1.807) is 31.2 Å². The lowest BCUT2D eigenvalue weighted by atomic mass is 10.1. The van der Waals surface area contributed by atoms with E-state index in [0.29, 0.717) is 22.3 Å². The lowest BCUT2D eigenvalue weighted by Crippen LogP contribution is -2.34. The van der Waals surface area contributed by atoms with E-state index in [2.05, 4.69) is 16.2 Å². The number of para-hydroxylation sites is 2. The molecule has 33 heavy (non-hydrogen) atoms. The largest absolute Gasteiger partial charge is 0.493 e. The molecule has 0 unspecified atom stereocenters. The molecule has 0 bridgehead atoms. The van der Waals surface area contributed by atoms with Crippen LogP contribution in [0.3, 0.4) is 0 Å². The van der Waals surface area contributed by atoms with Crippen molar-refractivity contribution in [2.24, 2.45) is 0 Å². The number of fused-ring (bicyclic) bond motifs is 3. The minimum atomic E-state index is -0.653. The Morgan fingerprint density at radius 2 is 1.85 bits per heavy atom. The number of imidazole rings is 1. The van der Waals surface area contributed by atoms with Gasteiger partial charge in [-0.2, -0.15) is 5.26 Å². The quantitative estimate of drug-likeness (QED) is 0.417. The number of hydrogen-bond acceptors (Lipinski definition) is 5. The van der Waals surface area contributed by atoms with Gasteiger partial charge in [-0.05, 0) is 55.0 Å². The second-order valence-corrected chi connectivity index (χ2v) is 7.22. The number of aromatic hydroxyl groups is 1. The summed E-state index contributed by atoms with van der Waals surface area (Å²) in [5.41, 5.74) is 0.889. The summed E-state index contributed by atoms with van der Waals surface area (Å²) in [5, 5.41) is 23.0. The van der Waals surface area contributed by atoms with Crippen LogP contribution >= 0.6 is 12.4 Å². The maximum absolute atomic E-state index is 13.4. The number of aromatic amines is 1. The highest BCUT2D eigenvalue weighted by Crippen LogP contribution is 2.20. The Bertz CT molecular complexity index is 1760. The number of nitrogens with zero attached hydrogens (tertiary/aromatic N) is 4. The standard InChI is InChI=1S/C23H14FN5O3.ClH/c1-12-15(10-16-21(30)27-29(23(16)32)14-8-6-13(24)7-9-14)22(31)28-19-5-3-2-4-18(19)26-20(28)17(12)11-25;/h2-10,32H,1H3,(H,27,30);1H/b15-10+;. The maximum atomic E-state index is 13.4. The van der Waals surface area contributed by atoms with E-state index >= 15 is 0 Å². The minimum Gasteiger partial charge on any atom is -0.493 e. The van der Waals surface area contributed by atoms with Gasteiger partial charge in [0, 0.05) is 5.22 Å². The molecular formula is C23H15ClFN5O3. The van der Waals surface area contributed by atoms with Crippen molar-refractivity contribution in [2.75, 3.05) is 0 Å². The molecule has 2 aromatic carbocycles. The second kappa shape index (κ2) is 7.93. The molecule has 0 aliphatic heterocycles. The van der Waals surface area contributed by atoms with Crippen molar-refractivity contribution in [1.82, 2.24) is 19.2 Å². The molecule has 0 radical (unpaired) electrons. The van der Waals surface area contributed by atoms with Crippen LogP contribution in [0.25, 0.3) is 28.4 Å². The predicted molar refractivity (Wildman–Crippen MR) is 122 cm³/mol. The fourth-order valence-electron chi connectivity index (χ4n) is 3.77. The van der Waals surface area contributed by atoms with Gasteiger partial charge in [0.15, 0.2) is 5.65 Å². The van der Waals surface area contributed by atoms with E-state index < -0.39 is 22.8 Å². The first kappa shape index (κ1) is 21.8. The van der Waals surface area contributed by atoms with Crippen molar-refractivity contribution in [1.29, 1.82) is 5.26 Å². The normalized spacial score (nSPS) is 11.6. The smallest absolute Gasteiger partial charge is 0.275 e. The fraction of sp³-hybridized carbons (Fsp3) is 0.0435. The molecule has 0 saturated heterocycles. The first-order valence-corrected chi connectivity index (χ1v) is 9.56. The molecule has 0 amide bonds. The fourth-order valence-corrected chi connectivity index (χ4v) is 3.77. The highest BCUT2D eigenvalue weighted by atomic mass is 35.5. The Kier molecular flexibility index (Phi) is 5.24. The molecule has 3 aromatic heterocycles. The zero-order valence-electron chi connectivity index (χ0n) is 17.0. The second-order valence-electron chi connectivity index (χ2n) is 7.22. The lowest BCUT2D eigenvalue weighted by Gasteiger charge is -2.04. The number of pyridine rings is 1. The first-order valence-electron chi connectivity index (χ1n) is 9.56. The summed E-state index contributed by atoms with van der Waals surface area (Å²) in [4.78, 5) is 30.4. The van der Waals surface area contributed by atoms with Crippen LogP contribution in [0.1, 0.15) is 16.7 Å². The summed E-state index contributed by atoms with van der Waals surface area (Å²) in [6.45, 7) is 1.59. The Morgan fingerprint density at radius 1 is 1.15 bits per heavy atom. The molecule has 10 heteroatoms. The summed E-state index contributed by atoms with van der Waals surface area (Å²) in [5.74, 6) is -0.916. The van der Waals surface area contributed by atoms with Crippen LogP contribution in [0.4, 0.5) is 4.39 Å². The number of aromatic nitrogens is 4. The van der Waals surface area contributed by atoms with Gasteiger partial charge in [0.25, 0.3) is 11.1 Å². The van der Waals surface area contributed by atoms with E-state index in [-0.39, 0.29) is 34.4 Å². The zero-order chi connectivity index (χ0) is 22.6. The molecule has 2 N–H and O–H groups in total. The monoisotopic (exact) mass is 463 g/mol.